The lowest BCUT2D eigenvalue weighted by Gasteiger charge is -2.07. The molecule has 0 bridgehead atoms. The molecule has 1 rings (SSSR count). The van der Waals surface area contributed by atoms with Gasteiger partial charge >= 0.3 is 0 Å². The highest BCUT2D eigenvalue weighted by Gasteiger charge is 2.21. The number of aromatic nitrogens is 2. The lowest BCUT2D eigenvalue weighted by molar-refractivity contribution is -0.802. The number of rotatable bonds is 0. The normalized spacial score (nSPS) is 11.9. The van der Waals surface area contributed by atoms with Crippen molar-refractivity contribution in [3.63, 3.8) is 0 Å². The fourth-order valence-corrected chi connectivity index (χ4v) is 0.713. The maximum absolute atomic E-state index is 3.09. The minimum atomic E-state index is 0.184. The van der Waals surface area contributed by atoms with Crippen LogP contribution in [0.25, 0.3) is 0 Å². The predicted molar refractivity (Wildman–Crippen MR) is 36.0 cm³/mol. The highest BCUT2D eigenvalue weighted by molar-refractivity contribution is 4.68. The number of nitrogens with zero attached hydrogens (tertiary/aromatic N) is 1. The average Bonchev–Trinajstić information content (AvgIpc) is 2.08. The molecule has 2 heteroatoms. The van der Waals surface area contributed by atoms with Gasteiger partial charge in [0.15, 0.2) is 11.7 Å². The van der Waals surface area contributed by atoms with Gasteiger partial charge in [-0.25, -0.2) is 0 Å². The summed E-state index contributed by atoms with van der Waals surface area (Å²) in [4.78, 5) is 0. The maximum atomic E-state index is 3.09. The Morgan fingerprint density at radius 3 is 2.22 bits per heavy atom. The van der Waals surface area contributed by atoms with E-state index in [1.165, 1.54) is 0 Å². The van der Waals surface area contributed by atoms with Crippen LogP contribution in [0.1, 0.15) is 20.8 Å². The van der Waals surface area contributed by atoms with Crippen LogP contribution in [-0.2, 0) is 5.54 Å². The first-order chi connectivity index (χ1) is 4.11. The highest BCUT2D eigenvalue weighted by atomic mass is 15.3. The minimum absolute atomic E-state index is 0.184. The van der Waals surface area contributed by atoms with Gasteiger partial charge in [0.1, 0.15) is 0 Å². The van der Waals surface area contributed by atoms with Crippen molar-refractivity contribution in [1.82, 2.24) is 5.10 Å². The van der Waals surface area contributed by atoms with Crippen molar-refractivity contribution in [3.8, 4) is 0 Å². The summed E-state index contributed by atoms with van der Waals surface area (Å²) in [7, 11) is 0. The van der Waals surface area contributed by atoms with E-state index in [1.807, 2.05) is 18.5 Å². The van der Waals surface area contributed by atoms with Crippen molar-refractivity contribution in [2.45, 2.75) is 26.3 Å². The third kappa shape index (κ3) is 1.31. The summed E-state index contributed by atoms with van der Waals surface area (Å²) in [6.45, 7) is 6.47. The van der Waals surface area contributed by atoms with Crippen LogP contribution in [0.3, 0.4) is 0 Å². The molecule has 0 aliphatic carbocycles. The molecule has 0 unspecified atom stereocenters. The van der Waals surface area contributed by atoms with E-state index in [0.717, 1.165) is 0 Å². The molecule has 0 saturated carbocycles. The fourth-order valence-electron chi connectivity index (χ4n) is 0.713. The van der Waals surface area contributed by atoms with E-state index < -0.39 is 0 Å². The van der Waals surface area contributed by atoms with Crippen molar-refractivity contribution in [2.75, 3.05) is 0 Å². The van der Waals surface area contributed by atoms with E-state index in [0.29, 0.717) is 0 Å². The van der Waals surface area contributed by atoms with Gasteiger partial charge in [-0.2, -0.15) is 5.10 Å². The van der Waals surface area contributed by atoms with Crippen LogP contribution in [-0.4, -0.2) is 5.10 Å². The largest absolute Gasteiger partial charge is 0.195 e. The van der Waals surface area contributed by atoms with Gasteiger partial charge in [0.2, 0.25) is 0 Å². The Morgan fingerprint density at radius 2 is 2.00 bits per heavy atom. The van der Waals surface area contributed by atoms with Crippen molar-refractivity contribution in [2.24, 2.45) is 0 Å². The van der Waals surface area contributed by atoms with Crippen LogP contribution in [0.5, 0.6) is 0 Å². The van der Waals surface area contributed by atoms with Gasteiger partial charge in [-0.15, -0.1) is 4.68 Å². The second kappa shape index (κ2) is 1.87. The average molecular weight is 125 g/mol. The van der Waals surface area contributed by atoms with Gasteiger partial charge in [-0.3, -0.25) is 0 Å². The van der Waals surface area contributed by atoms with E-state index in [9.17, 15) is 0 Å². The molecule has 0 radical (unpaired) electrons. The summed E-state index contributed by atoms with van der Waals surface area (Å²) in [5.41, 5.74) is 0.184. The summed E-state index contributed by atoms with van der Waals surface area (Å²) in [6, 6.07) is 1.99. The summed E-state index contributed by atoms with van der Waals surface area (Å²) in [6.07, 6.45) is 3.95. The smallest absolute Gasteiger partial charge is 0.173 e. The van der Waals surface area contributed by atoms with E-state index >= 15 is 0 Å². The maximum Gasteiger partial charge on any atom is 0.195 e. The first-order valence-electron chi connectivity index (χ1n) is 3.16. The molecule has 0 aromatic carbocycles. The first kappa shape index (κ1) is 6.33. The Labute approximate surface area is 55.5 Å². The zero-order chi connectivity index (χ0) is 6.91. The Bertz CT molecular complexity index is 169. The third-order valence-electron chi connectivity index (χ3n) is 1.27. The Hall–Kier alpha value is -0.790. The second-order valence-corrected chi connectivity index (χ2v) is 3.18. The molecule has 0 saturated heterocycles. The number of H-pyrrole nitrogens is 1. The molecule has 1 aromatic rings. The van der Waals surface area contributed by atoms with Gasteiger partial charge in [-0.1, -0.05) is 0 Å². The van der Waals surface area contributed by atoms with E-state index in [2.05, 4.69) is 30.6 Å². The standard InChI is InChI=1S/C7H12N2/c1-7(2,3)9-6-4-5-8-9/h4-6H,1-3H3/p+1. The lowest BCUT2D eigenvalue weighted by atomic mass is 10.1. The van der Waals surface area contributed by atoms with Gasteiger partial charge in [0, 0.05) is 26.8 Å². The first-order valence-corrected chi connectivity index (χ1v) is 3.16. The molecule has 50 valence electrons. The molecule has 0 aliphatic rings. The number of hydrogen-bond acceptors (Lipinski definition) is 0. The van der Waals surface area contributed by atoms with Crippen LogP contribution in [0, 0.1) is 0 Å². The van der Waals surface area contributed by atoms with Crippen LogP contribution in [0.4, 0.5) is 0 Å². The van der Waals surface area contributed by atoms with E-state index in [4.69, 9.17) is 0 Å². The van der Waals surface area contributed by atoms with E-state index in [-0.39, 0.29) is 5.54 Å². The third-order valence-corrected chi connectivity index (χ3v) is 1.27. The second-order valence-electron chi connectivity index (χ2n) is 3.18. The minimum Gasteiger partial charge on any atom is -0.173 e. The van der Waals surface area contributed by atoms with Crippen LogP contribution >= 0.6 is 0 Å². The number of aromatic amines is 1. The molecule has 1 aromatic heterocycles. The van der Waals surface area contributed by atoms with Gasteiger partial charge in [0.05, 0.1) is 6.20 Å². The predicted octanol–water partition coefficient (Wildman–Crippen LogP) is 1.06. The zero-order valence-electron chi connectivity index (χ0n) is 6.18. The van der Waals surface area contributed by atoms with Crippen LogP contribution < -0.4 is 4.68 Å². The molecule has 0 aliphatic heterocycles. The quantitative estimate of drug-likeness (QED) is 0.500. The zero-order valence-corrected chi connectivity index (χ0v) is 6.18. The van der Waals surface area contributed by atoms with Crippen molar-refractivity contribution >= 4 is 0 Å². The van der Waals surface area contributed by atoms with Gasteiger partial charge in [-0.05, 0) is 0 Å². The molecule has 2 nitrogen and oxygen atoms in total. The van der Waals surface area contributed by atoms with Crippen molar-refractivity contribution < 1.29 is 4.68 Å². The Kier molecular flexibility index (Phi) is 1.31. The summed E-state index contributed by atoms with van der Waals surface area (Å²) < 4.78 is 2.06. The number of nitrogens with one attached hydrogen (secondary N) is 1. The van der Waals surface area contributed by atoms with Crippen LogP contribution in [0.2, 0.25) is 0 Å². The molecule has 1 heterocycles. The monoisotopic (exact) mass is 125 g/mol. The number of hydrogen-bond donors (Lipinski definition) is 1. The summed E-state index contributed by atoms with van der Waals surface area (Å²) in [5, 5.41) is 3.09. The molecular formula is C7H13N2+. The molecule has 0 atom stereocenters. The lowest BCUT2D eigenvalue weighted by Crippen LogP contribution is -2.51. The van der Waals surface area contributed by atoms with Crippen LogP contribution in [0.15, 0.2) is 18.5 Å². The SMILES string of the molecule is CC(C)(C)[n+]1ccc[nH]1. The Balaban J connectivity index is 2.90. The highest BCUT2D eigenvalue weighted by Crippen LogP contribution is 2.00. The summed E-state index contributed by atoms with van der Waals surface area (Å²) in [5.74, 6) is 0. The fraction of sp³-hybridized carbons (Fsp3) is 0.571. The molecule has 1 N–H and O–H groups in total. The molecule has 9 heavy (non-hydrogen) atoms. The molecule has 0 fully saturated rings. The molecular weight excluding hydrogens is 112 g/mol. The van der Waals surface area contributed by atoms with Crippen molar-refractivity contribution in [1.29, 1.82) is 0 Å². The Morgan fingerprint density at radius 1 is 1.33 bits per heavy atom. The molecule has 0 amide bonds. The summed E-state index contributed by atoms with van der Waals surface area (Å²) >= 11 is 0. The van der Waals surface area contributed by atoms with Crippen molar-refractivity contribution in [3.05, 3.63) is 18.5 Å². The topological polar surface area (TPSA) is 19.7 Å². The van der Waals surface area contributed by atoms with Gasteiger partial charge < -0.3 is 0 Å². The molecule has 0 spiro atoms. The van der Waals surface area contributed by atoms with Gasteiger partial charge in [0.25, 0.3) is 0 Å². The van der Waals surface area contributed by atoms with E-state index in [1.54, 1.807) is 0 Å².